The molecule has 0 spiro atoms. The molecule has 4 nitrogen and oxygen atoms in total. The van der Waals surface area contributed by atoms with E-state index in [9.17, 15) is 0 Å². The van der Waals surface area contributed by atoms with Crippen LogP contribution in [0.4, 0.5) is 5.82 Å². The van der Waals surface area contributed by atoms with Crippen molar-refractivity contribution in [1.29, 1.82) is 0 Å². The lowest BCUT2D eigenvalue weighted by Gasteiger charge is -2.08. The molecule has 0 amide bonds. The fourth-order valence-corrected chi connectivity index (χ4v) is 2.26. The molecule has 18 heavy (non-hydrogen) atoms. The highest BCUT2D eigenvalue weighted by Crippen LogP contribution is 2.20. The predicted molar refractivity (Wildman–Crippen MR) is 71.4 cm³/mol. The highest BCUT2D eigenvalue weighted by atomic mass is 35.5. The van der Waals surface area contributed by atoms with Crippen molar-refractivity contribution in [2.75, 3.05) is 5.32 Å². The van der Waals surface area contributed by atoms with E-state index in [1.54, 1.807) is 6.20 Å². The van der Waals surface area contributed by atoms with E-state index in [0.29, 0.717) is 17.4 Å². The summed E-state index contributed by atoms with van der Waals surface area (Å²) in [5, 5.41) is 7.09. The Morgan fingerprint density at radius 1 is 1.28 bits per heavy atom. The highest BCUT2D eigenvalue weighted by Gasteiger charge is 2.10. The SMILES string of the molecule is Clc1cncnc1NCc1ccc2c(c1)CNC2. The molecule has 92 valence electrons. The largest absolute Gasteiger partial charge is 0.365 e. The summed E-state index contributed by atoms with van der Waals surface area (Å²) in [5.41, 5.74) is 3.99. The molecule has 0 saturated heterocycles. The maximum absolute atomic E-state index is 5.99. The molecule has 0 aliphatic carbocycles. The molecule has 2 aromatic rings. The normalized spacial score (nSPS) is 13.4. The molecule has 3 rings (SSSR count). The third-order valence-electron chi connectivity index (χ3n) is 3.03. The average Bonchev–Trinajstić information content (AvgIpc) is 2.85. The van der Waals surface area contributed by atoms with Gasteiger partial charge in [0, 0.05) is 19.6 Å². The first-order valence-corrected chi connectivity index (χ1v) is 6.21. The zero-order valence-corrected chi connectivity index (χ0v) is 10.5. The first-order valence-electron chi connectivity index (χ1n) is 5.84. The van der Waals surface area contributed by atoms with Crippen LogP contribution in [0.1, 0.15) is 16.7 Å². The summed E-state index contributed by atoms with van der Waals surface area (Å²) in [5.74, 6) is 0.672. The van der Waals surface area contributed by atoms with Gasteiger partial charge in [-0.3, -0.25) is 0 Å². The molecule has 2 N–H and O–H groups in total. The Morgan fingerprint density at radius 3 is 3.06 bits per heavy atom. The van der Waals surface area contributed by atoms with Crippen molar-refractivity contribution in [3.8, 4) is 0 Å². The molecular weight excluding hydrogens is 248 g/mol. The molecule has 1 aliphatic rings. The zero-order valence-electron chi connectivity index (χ0n) is 9.78. The van der Waals surface area contributed by atoms with Gasteiger partial charge in [-0.15, -0.1) is 0 Å². The minimum Gasteiger partial charge on any atom is -0.365 e. The van der Waals surface area contributed by atoms with Gasteiger partial charge < -0.3 is 10.6 Å². The lowest BCUT2D eigenvalue weighted by atomic mass is 10.1. The molecular formula is C13H13ClN4. The summed E-state index contributed by atoms with van der Waals surface area (Å²) < 4.78 is 0. The summed E-state index contributed by atoms with van der Waals surface area (Å²) in [7, 11) is 0. The number of hydrogen-bond acceptors (Lipinski definition) is 4. The number of hydrogen-bond donors (Lipinski definition) is 2. The highest BCUT2D eigenvalue weighted by molar-refractivity contribution is 6.32. The Labute approximate surface area is 110 Å². The van der Waals surface area contributed by atoms with Gasteiger partial charge >= 0.3 is 0 Å². The number of anilines is 1. The number of rotatable bonds is 3. The molecule has 0 bridgehead atoms. The van der Waals surface area contributed by atoms with Gasteiger partial charge in [-0.1, -0.05) is 29.8 Å². The molecule has 0 saturated carbocycles. The van der Waals surface area contributed by atoms with Crippen molar-refractivity contribution in [1.82, 2.24) is 15.3 Å². The minimum absolute atomic E-state index is 0.542. The van der Waals surface area contributed by atoms with Crippen molar-refractivity contribution < 1.29 is 0 Å². The smallest absolute Gasteiger partial charge is 0.148 e. The van der Waals surface area contributed by atoms with E-state index in [1.807, 2.05) is 0 Å². The summed E-state index contributed by atoms with van der Waals surface area (Å²) in [6, 6.07) is 6.53. The van der Waals surface area contributed by atoms with Crippen molar-refractivity contribution >= 4 is 17.4 Å². The van der Waals surface area contributed by atoms with Gasteiger partial charge in [0.2, 0.25) is 0 Å². The number of fused-ring (bicyclic) bond motifs is 1. The van der Waals surface area contributed by atoms with E-state index in [1.165, 1.54) is 23.0 Å². The quantitative estimate of drug-likeness (QED) is 0.890. The van der Waals surface area contributed by atoms with Crippen molar-refractivity contribution in [3.05, 3.63) is 52.4 Å². The second kappa shape index (κ2) is 4.92. The maximum Gasteiger partial charge on any atom is 0.148 e. The van der Waals surface area contributed by atoms with E-state index in [-0.39, 0.29) is 0 Å². The molecule has 0 unspecified atom stereocenters. The molecule has 0 radical (unpaired) electrons. The Balaban J connectivity index is 1.72. The monoisotopic (exact) mass is 260 g/mol. The molecule has 0 atom stereocenters. The molecule has 1 aromatic heterocycles. The number of nitrogens with one attached hydrogen (secondary N) is 2. The zero-order chi connectivity index (χ0) is 12.4. The third kappa shape index (κ3) is 2.30. The number of aromatic nitrogens is 2. The maximum atomic E-state index is 5.99. The average molecular weight is 261 g/mol. The van der Waals surface area contributed by atoms with E-state index in [0.717, 1.165) is 13.1 Å². The lowest BCUT2D eigenvalue weighted by molar-refractivity contribution is 0.764. The van der Waals surface area contributed by atoms with Crippen LogP contribution in [0.2, 0.25) is 5.02 Å². The van der Waals surface area contributed by atoms with Gasteiger partial charge in [0.05, 0.1) is 6.20 Å². The molecule has 0 fully saturated rings. The third-order valence-corrected chi connectivity index (χ3v) is 3.31. The molecule has 1 aromatic carbocycles. The Kier molecular flexibility index (Phi) is 3.13. The van der Waals surface area contributed by atoms with Crippen molar-refractivity contribution in [2.45, 2.75) is 19.6 Å². The van der Waals surface area contributed by atoms with Crippen LogP contribution in [0.15, 0.2) is 30.7 Å². The van der Waals surface area contributed by atoms with Gasteiger partial charge in [-0.25, -0.2) is 9.97 Å². The van der Waals surface area contributed by atoms with Crippen LogP contribution in [0.25, 0.3) is 0 Å². The number of halogens is 1. The van der Waals surface area contributed by atoms with Gasteiger partial charge in [-0.05, 0) is 16.7 Å². The van der Waals surface area contributed by atoms with Crippen LogP contribution in [-0.4, -0.2) is 9.97 Å². The van der Waals surface area contributed by atoms with Crippen molar-refractivity contribution in [3.63, 3.8) is 0 Å². The van der Waals surface area contributed by atoms with Crippen LogP contribution < -0.4 is 10.6 Å². The summed E-state index contributed by atoms with van der Waals surface area (Å²) in [6.07, 6.45) is 3.07. The van der Waals surface area contributed by atoms with Gasteiger partial charge in [0.1, 0.15) is 17.2 Å². The number of benzene rings is 1. The van der Waals surface area contributed by atoms with Crippen LogP contribution in [0, 0.1) is 0 Å². The second-order valence-electron chi connectivity index (χ2n) is 4.28. The molecule has 2 heterocycles. The van der Waals surface area contributed by atoms with Crippen LogP contribution >= 0.6 is 11.6 Å². The van der Waals surface area contributed by atoms with Crippen LogP contribution in [0.5, 0.6) is 0 Å². The summed E-state index contributed by atoms with van der Waals surface area (Å²) in [6.45, 7) is 2.64. The second-order valence-corrected chi connectivity index (χ2v) is 4.69. The minimum atomic E-state index is 0.542. The van der Waals surface area contributed by atoms with Crippen molar-refractivity contribution in [2.24, 2.45) is 0 Å². The Hall–Kier alpha value is -1.65. The van der Waals surface area contributed by atoms with E-state index >= 15 is 0 Å². The molecule has 5 heteroatoms. The standard InChI is InChI=1S/C13H13ClN4/c14-12-7-16-8-18-13(12)17-4-9-1-2-10-5-15-6-11(10)3-9/h1-3,7-8,15H,4-6H2,(H,16,17,18). The van der Waals surface area contributed by atoms with E-state index in [2.05, 4.69) is 38.8 Å². The van der Waals surface area contributed by atoms with Crippen LogP contribution in [-0.2, 0) is 19.6 Å². The van der Waals surface area contributed by atoms with Gasteiger partial charge in [-0.2, -0.15) is 0 Å². The van der Waals surface area contributed by atoms with Crippen LogP contribution in [0.3, 0.4) is 0 Å². The van der Waals surface area contributed by atoms with E-state index < -0.39 is 0 Å². The van der Waals surface area contributed by atoms with Gasteiger partial charge in [0.25, 0.3) is 0 Å². The number of nitrogens with zero attached hydrogens (tertiary/aromatic N) is 2. The van der Waals surface area contributed by atoms with E-state index in [4.69, 9.17) is 11.6 Å². The topological polar surface area (TPSA) is 49.8 Å². The first kappa shape index (κ1) is 11.4. The predicted octanol–water partition coefficient (Wildman–Crippen LogP) is 2.35. The summed E-state index contributed by atoms with van der Waals surface area (Å²) >= 11 is 5.99. The lowest BCUT2D eigenvalue weighted by Crippen LogP contribution is -2.03. The fourth-order valence-electron chi connectivity index (χ4n) is 2.09. The molecule has 1 aliphatic heterocycles. The first-order chi connectivity index (χ1) is 8.83. The fraction of sp³-hybridized carbons (Fsp3) is 0.231. The Bertz CT molecular complexity index is 571. The Morgan fingerprint density at radius 2 is 2.17 bits per heavy atom. The van der Waals surface area contributed by atoms with Gasteiger partial charge in [0.15, 0.2) is 0 Å². The summed E-state index contributed by atoms with van der Waals surface area (Å²) in [4.78, 5) is 7.96.